The van der Waals surface area contributed by atoms with Crippen molar-refractivity contribution >= 4 is 12.4 Å². The van der Waals surface area contributed by atoms with Crippen molar-refractivity contribution in [2.24, 2.45) is 7.05 Å². The van der Waals surface area contributed by atoms with Crippen molar-refractivity contribution in [3.8, 4) is 0 Å². The third kappa shape index (κ3) is 6.82. The molecule has 0 amide bonds. The molecule has 0 saturated heterocycles. The Bertz CT molecular complexity index is 276. The molecule has 0 aliphatic rings. The molecule has 1 heterocycles. The summed E-state index contributed by atoms with van der Waals surface area (Å²) in [7, 11) is 1.93. The van der Waals surface area contributed by atoms with Gasteiger partial charge in [0.2, 0.25) is 0 Å². The second kappa shape index (κ2) is 8.56. The van der Waals surface area contributed by atoms with Gasteiger partial charge in [-0.2, -0.15) is 5.10 Å². The fraction of sp³-hybridized carbons (Fsp3) is 0.727. The van der Waals surface area contributed by atoms with Gasteiger partial charge < -0.3 is 10.1 Å². The molecule has 0 unspecified atom stereocenters. The minimum Gasteiger partial charge on any atom is -0.379 e. The molecule has 0 aromatic carbocycles. The normalized spacial score (nSPS) is 10.5. The van der Waals surface area contributed by atoms with Crippen LogP contribution in [0.15, 0.2) is 12.4 Å². The maximum atomic E-state index is 5.44. The third-order valence-electron chi connectivity index (χ3n) is 2.04. The highest BCUT2D eigenvalue weighted by atomic mass is 35.5. The predicted molar refractivity (Wildman–Crippen MR) is 67.9 cm³/mol. The Balaban J connectivity index is 0.00000225. The molecule has 16 heavy (non-hydrogen) atoms. The number of halogens is 1. The van der Waals surface area contributed by atoms with Gasteiger partial charge in [0.1, 0.15) is 0 Å². The molecule has 0 atom stereocenters. The minimum absolute atomic E-state index is 0. The Labute approximate surface area is 104 Å². The van der Waals surface area contributed by atoms with E-state index < -0.39 is 0 Å². The zero-order valence-electron chi connectivity index (χ0n) is 10.3. The second-order valence-electron chi connectivity index (χ2n) is 3.97. The summed E-state index contributed by atoms with van der Waals surface area (Å²) in [6, 6.07) is 0. The fourth-order valence-electron chi connectivity index (χ4n) is 1.31. The van der Waals surface area contributed by atoms with Crippen LogP contribution in [0.2, 0.25) is 0 Å². The van der Waals surface area contributed by atoms with Crippen LogP contribution in [0.1, 0.15) is 25.8 Å². The van der Waals surface area contributed by atoms with Crippen molar-refractivity contribution in [2.45, 2.75) is 32.9 Å². The minimum atomic E-state index is 0. The first-order valence-electron chi connectivity index (χ1n) is 5.48. The first-order valence-corrected chi connectivity index (χ1v) is 5.48. The molecular formula is C11H22ClN3O. The van der Waals surface area contributed by atoms with Gasteiger partial charge in [-0.15, -0.1) is 12.4 Å². The summed E-state index contributed by atoms with van der Waals surface area (Å²) in [5.74, 6) is 0. The molecule has 4 nitrogen and oxygen atoms in total. The van der Waals surface area contributed by atoms with Crippen molar-refractivity contribution in [2.75, 3.05) is 13.2 Å². The summed E-state index contributed by atoms with van der Waals surface area (Å²) >= 11 is 0. The number of nitrogens with zero attached hydrogens (tertiary/aromatic N) is 2. The van der Waals surface area contributed by atoms with Gasteiger partial charge in [0.15, 0.2) is 0 Å². The number of hydrogen-bond donors (Lipinski definition) is 1. The summed E-state index contributed by atoms with van der Waals surface area (Å²) in [6.07, 6.45) is 5.30. The molecule has 0 spiro atoms. The van der Waals surface area contributed by atoms with Gasteiger partial charge >= 0.3 is 0 Å². The lowest BCUT2D eigenvalue weighted by atomic mass is 10.3. The Hall–Kier alpha value is -0.580. The average Bonchev–Trinajstić information content (AvgIpc) is 2.57. The molecule has 0 fully saturated rings. The van der Waals surface area contributed by atoms with E-state index in [1.807, 2.05) is 24.1 Å². The van der Waals surface area contributed by atoms with Crippen molar-refractivity contribution in [1.82, 2.24) is 15.1 Å². The zero-order valence-corrected chi connectivity index (χ0v) is 11.1. The second-order valence-corrected chi connectivity index (χ2v) is 3.97. The van der Waals surface area contributed by atoms with E-state index >= 15 is 0 Å². The van der Waals surface area contributed by atoms with Crippen LogP contribution < -0.4 is 5.32 Å². The number of nitrogens with one attached hydrogen (secondary N) is 1. The largest absolute Gasteiger partial charge is 0.379 e. The van der Waals surface area contributed by atoms with Gasteiger partial charge in [-0.3, -0.25) is 4.68 Å². The highest BCUT2D eigenvalue weighted by Gasteiger charge is 1.96. The SMILES string of the molecule is CC(C)OCCCNCc1cnn(C)c1.Cl. The van der Waals surface area contributed by atoms with Crippen LogP contribution in [0.3, 0.4) is 0 Å². The van der Waals surface area contributed by atoms with Crippen molar-refractivity contribution < 1.29 is 4.74 Å². The van der Waals surface area contributed by atoms with Gasteiger partial charge in [-0.1, -0.05) is 0 Å². The van der Waals surface area contributed by atoms with E-state index in [0.29, 0.717) is 6.10 Å². The molecular weight excluding hydrogens is 226 g/mol. The quantitative estimate of drug-likeness (QED) is 0.747. The Morgan fingerprint density at radius 2 is 2.25 bits per heavy atom. The molecule has 5 heteroatoms. The van der Waals surface area contributed by atoms with Crippen LogP contribution in [0.25, 0.3) is 0 Å². The molecule has 0 saturated carbocycles. The Morgan fingerprint density at radius 3 is 2.81 bits per heavy atom. The molecule has 1 rings (SSSR count). The van der Waals surface area contributed by atoms with Crippen LogP contribution in [-0.4, -0.2) is 29.0 Å². The van der Waals surface area contributed by atoms with Gasteiger partial charge in [0.25, 0.3) is 0 Å². The van der Waals surface area contributed by atoms with Gasteiger partial charge in [-0.25, -0.2) is 0 Å². The van der Waals surface area contributed by atoms with E-state index in [0.717, 1.165) is 26.1 Å². The first-order chi connectivity index (χ1) is 7.18. The van der Waals surface area contributed by atoms with Crippen LogP contribution in [0.5, 0.6) is 0 Å². The monoisotopic (exact) mass is 247 g/mol. The summed E-state index contributed by atoms with van der Waals surface area (Å²) in [5, 5.41) is 7.46. The molecule has 1 N–H and O–H groups in total. The van der Waals surface area contributed by atoms with Crippen LogP contribution >= 0.6 is 12.4 Å². The lowest BCUT2D eigenvalue weighted by Crippen LogP contribution is -2.17. The predicted octanol–water partition coefficient (Wildman–Crippen LogP) is 1.75. The van der Waals surface area contributed by atoms with E-state index in [1.54, 1.807) is 0 Å². The highest BCUT2D eigenvalue weighted by molar-refractivity contribution is 5.85. The molecule has 0 aliphatic heterocycles. The maximum Gasteiger partial charge on any atom is 0.0534 e. The fourth-order valence-corrected chi connectivity index (χ4v) is 1.31. The van der Waals surface area contributed by atoms with Crippen LogP contribution in [-0.2, 0) is 18.3 Å². The molecule has 0 aliphatic carbocycles. The average molecular weight is 248 g/mol. The summed E-state index contributed by atoms with van der Waals surface area (Å²) in [5.41, 5.74) is 1.22. The van der Waals surface area contributed by atoms with E-state index in [9.17, 15) is 0 Å². The highest BCUT2D eigenvalue weighted by Crippen LogP contribution is 1.95. The first kappa shape index (κ1) is 15.4. The zero-order chi connectivity index (χ0) is 11.1. The summed E-state index contributed by atoms with van der Waals surface area (Å²) in [6.45, 7) is 6.82. The number of ether oxygens (including phenoxy) is 1. The standard InChI is InChI=1S/C11H21N3O.ClH/c1-10(2)15-6-4-5-12-7-11-8-13-14(3)9-11;/h8-10,12H,4-7H2,1-3H3;1H. The van der Waals surface area contributed by atoms with Crippen molar-refractivity contribution in [3.05, 3.63) is 18.0 Å². The Morgan fingerprint density at radius 1 is 1.50 bits per heavy atom. The number of hydrogen-bond acceptors (Lipinski definition) is 3. The molecule has 0 bridgehead atoms. The van der Waals surface area contributed by atoms with E-state index in [1.165, 1.54) is 5.56 Å². The Kier molecular flexibility index (Phi) is 8.25. The topological polar surface area (TPSA) is 39.1 Å². The van der Waals surface area contributed by atoms with Gasteiger partial charge in [0.05, 0.1) is 12.3 Å². The lowest BCUT2D eigenvalue weighted by Gasteiger charge is -2.07. The third-order valence-corrected chi connectivity index (χ3v) is 2.04. The molecule has 1 aromatic rings. The molecule has 0 radical (unpaired) electrons. The number of aryl methyl sites for hydroxylation is 1. The molecule has 94 valence electrons. The number of aromatic nitrogens is 2. The smallest absolute Gasteiger partial charge is 0.0534 e. The van der Waals surface area contributed by atoms with Gasteiger partial charge in [0, 0.05) is 32.0 Å². The van der Waals surface area contributed by atoms with Crippen LogP contribution in [0, 0.1) is 0 Å². The van der Waals surface area contributed by atoms with Crippen molar-refractivity contribution in [1.29, 1.82) is 0 Å². The summed E-state index contributed by atoms with van der Waals surface area (Å²) < 4.78 is 7.26. The van der Waals surface area contributed by atoms with Crippen molar-refractivity contribution in [3.63, 3.8) is 0 Å². The van der Waals surface area contributed by atoms with E-state index in [2.05, 4.69) is 24.3 Å². The molecule has 1 aromatic heterocycles. The number of rotatable bonds is 7. The maximum absolute atomic E-state index is 5.44. The lowest BCUT2D eigenvalue weighted by molar-refractivity contribution is 0.0770. The summed E-state index contributed by atoms with van der Waals surface area (Å²) in [4.78, 5) is 0. The van der Waals surface area contributed by atoms with E-state index in [-0.39, 0.29) is 12.4 Å². The van der Waals surface area contributed by atoms with Gasteiger partial charge in [-0.05, 0) is 26.8 Å². The van der Waals surface area contributed by atoms with E-state index in [4.69, 9.17) is 4.74 Å². The van der Waals surface area contributed by atoms with Crippen LogP contribution in [0.4, 0.5) is 0 Å².